The van der Waals surface area contributed by atoms with Gasteiger partial charge in [0.05, 0.1) is 11.5 Å². The third kappa shape index (κ3) is 3.33. The number of carboxylic acid groups (broad SMARTS) is 1. The third-order valence-electron chi connectivity index (χ3n) is 5.66. The highest BCUT2D eigenvalue weighted by Gasteiger charge is 2.41. The van der Waals surface area contributed by atoms with Crippen molar-refractivity contribution in [1.82, 2.24) is 14.6 Å². The summed E-state index contributed by atoms with van der Waals surface area (Å²) >= 11 is 0. The number of benzene rings is 1. The molecule has 0 spiro atoms. The van der Waals surface area contributed by atoms with Gasteiger partial charge in [-0.1, -0.05) is 35.5 Å². The standard InChI is InChI=1S/C22H23N3O4/c1-13-9-17(15(3)25(13)20-10-14(2)29-23-20)21(26)24-11-18(19(12-24)22(27)28)16-7-5-4-6-8-16/h4-10,18-19H,11-12H2,1-3H3,(H,27,28). The fourth-order valence-corrected chi connectivity index (χ4v) is 4.22. The molecule has 0 bridgehead atoms. The number of hydrogen-bond acceptors (Lipinski definition) is 4. The van der Waals surface area contributed by atoms with Crippen molar-refractivity contribution in [3.63, 3.8) is 0 Å². The average Bonchev–Trinajstić information content (AvgIpc) is 3.39. The Labute approximate surface area is 168 Å². The summed E-state index contributed by atoms with van der Waals surface area (Å²) in [6.07, 6.45) is 0. The van der Waals surface area contributed by atoms with Crippen molar-refractivity contribution >= 4 is 11.9 Å². The number of aryl methyl sites for hydroxylation is 2. The van der Waals surface area contributed by atoms with Crippen molar-refractivity contribution in [2.24, 2.45) is 5.92 Å². The van der Waals surface area contributed by atoms with Crippen LogP contribution in [0.2, 0.25) is 0 Å². The number of rotatable bonds is 4. The second-order valence-electron chi connectivity index (χ2n) is 7.59. The number of aromatic nitrogens is 2. The van der Waals surface area contributed by atoms with Crippen LogP contribution in [-0.2, 0) is 4.79 Å². The van der Waals surface area contributed by atoms with Gasteiger partial charge in [-0.2, -0.15) is 0 Å². The predicted molar refractivity (Wildman–Crippen MR) is 106 cm³/mol. The van der Waals surface area contributed by atoms with Crippen LogP contribution in [0.4, 0.5) is 0 Å². The van der Waals surface area contributed by atoms with Gasteiger partial charge in [-0.15, -0.1) is 0 Å². The minimum Gasteiger partial charge on any atom is -0.481 e. The van der Waals surface area contributed by atoms with Gasteiger partial charge in [-0.05, 0) is 32.4 Å². The monoisotopic (exact) mass is 393 g/mol. The van der Waals surface area contributed by atoms with Crippen LogP contribution in [0.1, 0.15) is 39.0 Å². The minimum absolute atomic E-state index is 0.158. The Morgan fingerprint density at radius 2 is 1.83 bits per heavy atom. The summed E-state index contributed by atoms with van der Waals surface area (Å²) in [7, 11) is 0. The molecule has 0 aliphatic carbocycles. The van der Waals surface area contributed by atoms with E-state index in [1.807, 2.05) is 67.8 Å². The number of aliphatic carboxylic acids is 1. The molecule has 7 nitrogen and oxygen atoms in total. The van der Waals surface area contributed by atoms with E-state index in [4.69, 9.17) is 4.52 Å². The van der Waals surface area contributed by atoms with Gasteiger partial charge in [0.1, 0.15) is 5.76 Å². The van der Waals surface area contributed by atoms with E-state index < -0.39 is 11.9 Å². The molecular weight excluding hydrogens is 370 g/mol. The van der Waals surface area contributed by atoms with Crippen molar-refractivity contribution in [2.75, 3.05) is 13.1 Å². The Kier molecular flexibility index (Phi) is 4.74. The summed E-state index contributed by atoms with van der Waals surface area (Å²) in [5.41, 5.74) is 3.13. The van der Waals surface area contributed by atoms with Gasteiger partial charge in [0.25, 0.3) is 5.91 Å². The van der Waals surface area contributed by atoms with Gasteiger partial charge in [0, 0.05) is 36.5 Å². The number of carbonyl (C=O) groups is 2. The summed E-state index contributed by atoms with van der Waals surface area (Å²) in [6, 6.07) is 13.2. The molecule has 2 aromatic heterocycles. The normalized spacial score (nSPS) is 18.9. The lowest BCUT2D eigenvalue weighted by Crippen LogP contribution is -2.30. The van der Waals surface area contributed by atoms with Crippen molar-refractivity contribution in [1.29, 1.82) is 0 Å². The Morgan fingerprint density at radius 1 is 1.10 bits per heavy atom. The third-order valence-corrected chi connectivity index (χ3v) is 5.66. The highest BCUT2D eigenvalue weighted by Crippen LogP contribution is 2.34. The van der Waals surface area contributed by atoms with Crippen LogP contribution >= 0.6 is 0 Å². The van der Waals surface area contributed by atoms with Gasteiger partial charge in [-0.3, -0.25) is 14.2 Å². The van der Waals surface area contributed by atoms with E-state index >= 15 is 0 Å². The van der Waals surface area contributed by atoms with E-state index in [9.17, 15) is 14.7 Å². The predicted octanol–water partition coefficient (Wildman–Crippen LogP) is 3.33. The molecule has 0 radical (unpaired) electrons. The average molecular weight is 393 g/mol. The van der Waals surface area contributed by atoms with Crippen LogP contribution < -0.4 is 0 Å². The SMILES string of the molecule is Cc1cc(-n2c(C)cc(C(=O)N3CC(C(=O)O)C(c4ccccc4)C3)c2C)no1. The van der Waals surface area contributed by atoms with Crippen LogP contribution in [0.15, 0.2) is 47.0 Å². The lowest BCUT2D eigenvalue weighted by molar-refractivity contribution is -0.141. The number of likely N-dealkylation sites (tertiary alicyclic amines) is 1. The summed E-state index contributed by atoms with van der Waals surface area (Å²) in [4.78, 5) is 26.8. The van der Waals surface area contributed by atoms with Crippen molar-refractivity contribution < 1.29 is 19.2 Å². The molecule has 7 heteroatoms. The molecule has 0 saturated carbocycles. The van der Waals surface area contributed by atoms with Crippen LogP contribution in [0.5, 0.6) is 0 Å². The van der Waals surface area contributed by atoms with Gasteiger partial charge in [-0.25, -0.2) is 0 Å². The molecule has 3 heterocycles. The maximum Gasteiger partial charge on any atom is 0.308 e. The molecule has 4 rings (SSSR count). The van der Waals surface area contributed by atoms with E-state index in [1.165, 1.54) is 0 Å². The molecule has 1 saturated heterocycles. The first-order valence-corrected chi connectivity index (χ1v) is 9.56. The zero-order valence-electron chi connectivity index (χ0n) is 16.6. The number of hydrogen-bond donors (Lipinski definition) is 1. The summed E-state index contributed by atoms with van der Waals surface area (Å²) in [6.45, 7) is 6.16. The topological polar surface area (TPSA) is 88.6 Å². The lowest BCUT2D eigenvalue weighted by Gasteiger charge is -2.17. The Hall–Kier alpha value is -3.35. The van der Waals surface area contributed by atoms with E-state index in [-0.39, 0.29) is 18.4 Å². The quantitative estimate of drug-likeness (QED) is 0.734. The molecule has 3 aromatic rings. The second-order valence-corrected chi connectivity index (χ2v) is 7.59. The number of nitrogens with zero attached hydrogens (tertiary/aromatic N) is 3. The first-order chi connectivity index (χ1) is 13.9. The van der Waals surface area contributed by atoms with E-state index in [2.05, 4.69) is 5.16 Å². The van der Waals surface area contributed by atoms with Crippen LogP contribution in [-0.4, -0.2) is 44.7 Å². The zero-order valence-corrected chi connectivity index (χ0v) is 16.6. The van der Waals surface area contributed by atoms with Crippen molar-refractivity contribution in [3.8, 4) is 5.82 Å². The summed E-state index contributed by atoms with van der Waals surface area (Å²) in [5, 5.41) is 13.8. The molecular formula is C22H23N3O4. The lowest BCUT2D eigenvalue weighted by atomic mass is 9.89. The summed E-state index contributed by atoms with van der Waals surface area (Å²) in [5.74, 6) is -0.562. The zero-order chi connectivity index (χ0) is 20.7. The fourth-order valence-electron chi connectivity index (χ4n) is 4.22. The molecule has 1 N–H and O–H groups in total. The van der Waals surface area contributed by atoms with E-state index in [0.717, 1.165) is 17.0 Å². The molecule has 1 fully saturated rings. The molecule has 29 heavy (non-hydrogen) atoms. The first kappa shape index (κ1) is 19.0. The molecule has 150 valence electrons. The number of amides is 1. The maximum atomic E-state index is 13.3. The number of carboxylic acids is 1. The largest absolute Gasteiger partial charge is 0.481 e. The highest BCUT2D eigenvalue weighted by atomic mass is 16.5. The van der Waals surface area contributed by atoms with Crippen molar-refractivity contribution in [2.45, 2.75) is 26.7 Å². The van der Waals surface area contributed by atoms with Crippen LogP contribution in [0.3, 0.4) is 0 Å². The molecule has 1 aromatic carbocycles. The molecule has 1 aliphatic heterocycles. The van der Waals surface area contributed by atoms with Gasteiger partial charge in [0.15, 0.2) is 5.82 Å². The second kappa shape index (κ2) is 7.24. The van der Waals surface area contributed by atoms with E-state index in [0.29, 0.717) is 23.7 Å². The first-order valence-electron chi connectivity index (χ1n) is 9.56. The molecule has 2 unspecified atom stereocenters. The minimum atomic E-state index is -0.877. The highest BCUT2D eigenvalue weighted by molar-refractivity contribution is 5.96. The number of carbonyl (C=O) groups excluding carboxylic acids is 1. The Bertz CT molecular complexity index is 1070. The molecule has 2 atom stereocenters. The van der Waals surface area contributed by atoms with Crippen LogP contribution in [0.25, 0.3) is 5.82 Å². The van der Waals surface area contributed by atoms with Crippen molar-refractivity contribution in [3.05, 3.63) is 70.7 Å². The Morgan fingerprint density at radius 3 is 2.45 bits per heavy atom. The van der Waals surface area contributed by atoms with Gasteiger partial charge in [0.2, 0.25) is 0 Å². The van der Waals surface area contributed by atoms with Gasteiger partial charge < -0.3 is 14.5 Å². The van der Waals surface area contributed by atoms with E-state index in [1.54, 1.807) is 4.90 Å². The van der Waals surface area contributed by atoms with Gasteiger partial charge >= 0.3 is 5.97 Å². The fraction of sp³-hybridized carbons (Fsp3) is 0.318. The molecule has 1 amide bonds. The maximum absolute atomic E-state index is 13.3. The summed E-state index contributed by atoms with van der Waals surface area (Å²) < 4.78 is 7.05. The molecule has 1 aliphatic rings. The van der Waals surface area contributed by atoms with Crippen LogP contribution in [0, 0.1) is 26.7 Å². The smallest absolute Gasteiger partial charge is 0.308 e. The Balaban J connectivity index is 1.64.